The third-order valence-corrected chi connectivity index (χ3v) is 4.12. The molecule has 0 unspecified atom stereocenters. The summed E-state index contributed by atoms with van der Waals surface area (Å²) in [5.74, 6) is 0.779. The van der Waals surface area contributed by atoms with Crippen molar-refractivity contribution >= 4 is 11.7 Å². The minimum Gasteiger partial charge on any atom is -0.497 e. The Morgan fingerprint density at radius 3 is 2.57 bits per heavy atom. The third-order valence-electron chi connectivity index (χ3n) is 4.12. The Labute approximate surface area is 162 Å². The van der Waals surface area contributed by atoms with Gasteiger partial charge in [-0.1, -0.05) is 24.3 Å². The molecule has 2 N–H and O–H groups in total. The molecule has 6 nitrogen and oxygen atoms in total. The van der Waals surface area contributed by atoms with Gasteiger partial charge in [0, 0.05) is 13.1 Å². The number of anilines is 1. The van der Waals surface area contributed by atoms with Crippen LogP contribution in [-0.2, 0) is 13.0 Å². The minimum atomic E-state index is -0.277. The third kappa shape index (κ3) is 5.51. The van der Waals surface area contributed by atoms with Gasteiger partial charge in [-0.25, -0.2) is 4.39 Å². The van der Waals surface area contributed by atoms with Gasteiger partial charge in [-0.2, -0.15) is 0 Å². The predicted octanol–water partition coefficient (Wildman–Crippen LogP) is 3.21. The van der Waals surface area contributed by atoms with E-state index in [1.165, 1.54) is 12.1 Å². The summed E-state index contributed by atoms with van der Waals surface area (Å²) in [7, 11) is 1.62. The lowest BCUT2D eigenvalue weighted by Crippen LogP contribution is -2.26. The van der Waals surface area contributed by atoms with Crippen LogP contribution in [0.1, 0.15) is 21.6 Å². The van der Waals surface area contributed by atoms with E-state index >= 15 is 0 Å². The van der Waals surface area contributed by atoms with E-state index in [-0.39, 0.29) is 17.4 Å². The van der Waals surface area contributed by atoms with Crippen molar-refractivity contribution in [2.24, 2.45) is 0 Å². The van der Waals surface area contributed by atoms with E-state index in [1.54, 1.807) is 31.4 Å². The molecule has 1 aromatic heterocycles. The molecule has 28 heavy (non-hydrogen) atoms. The lowest BCUT2D eigenvalue weighted by molar-refractivity contribution is 0.0948. The normalized spacial score (nSPS) is 10.4. The number of benzene rings is 2. The summed E-state index contributed by atoms with van der Waals surface area (Å²) in [5.41, 5.74) is 2.24. The zero-order valence-electron chi connectivity index (χ0n) is 15.5. The number of rotatable bonds is 8. The number of halogens is 1. The molecule has 0 aliphatic rings. The molecule has 0 saturated heterocycles. The fourth-order valence-electron chi connectivity index (χ4n) is 2.58. The Hall–Kier alpha value is -3.48. The molecule has 0 atom stereocenters. The maximum atomic E-state index is 12.9. The molecule has 3 rings (SSSR count). The van der Waals surface area contributed by atoms with E-state index in [9.17, 15) is 9.18 Å². The van der Waals surface area contributed by atoms with Crippen LogP contribution in [0.5, 0.6) is 5.75 Å². The first-order valence-corrected chi connectivity index (χ1v) is 8.87. The topological polar surface area (TPSA) is 76.1 Å². The second kappa shape index (κ2) is 9.45. The number of amides is 1. The SMILES string of the molecule is COc1cccc(CCNC(=O)c2ccc(NCc3ccc(F)cc3)nn2)c1. The van der Waals surface area contributed by atoms with Crippen LogP contribution in [-0.4, -0.2) is 29.8 Å². The van der Waals surface area contributed by atoms with Crippen molar-refractivity contribution in [2.45, 2.75) is 13.0 Å². The van der Waals surface area contributed by atoms with Crippen LogP contribution < -0.4 is 15.4 Å². The van der Waals surface area contributed by atoms with Crippen LogP contribution in [0.25, 0.3) is 0 Å². The van der Waals surface area contributed by atoms with Gasteiger partial charge in [0.2, 0.25) is 0 Å². The highest BCUT2D eigenvalue weighted by molar-refractivity contribution is 5.92. The van der Waals surface area contributed by atoms with Gasteiger partial charge in [0.1, 0.15) is 17.4 Å². The fraction of sp³-hybridized carbons (Fsp3) is 0.190. The molecule has 1 heterocycles. The van der Waals surface area contributed by atoms with Crippen LogP contribution in [0.4, 0.5) is 10.2 Å². The first kappa shape index (κ1) is 19.3. The molecule has 0 bridgehead atoms. The Morgan fingerprint density at radius 1 is 1.04 bits per heavy atom. The zero-order valence-corrected chi connectivity index (χ0v) is 15.5. The average molecular weight is 380 g/mol. The molecule has 0 spiro atoms. The van der Waals surface area contributed by atoms with Gasteiger partial charge in [0.25, 0.3) is 5.91 Å². The smallest absolute Gasteiger partial charge is 0.271 e. The van der Waals surface area contributed by atoms with E-state index in [1.807, 2.05) is 24.3 Å². The van der Waals surface area contributed by atoms with Crippen molar-refractivity contribution in [3.8, 4) is 5.75 Å². The molecule has 0 saturated carbocycles. The number of carbonyl (C=O) groups is 1. The largest absolute Gasteiger partial charge is 0.497 e. The maximum absolute atomic E-state index is 12.9. The second-order valence-electron chi connectivity index (χ2n) is 6.14. The van der Waals surface area contributed by atoms with Crippen molar-refractivity contribution in [3.63, 3.8) is 0 Å². The molecule has 7 heteroatoms. The van der Waals surface area contributed by atoms with Crippen molar-refractivity contribution in [3.05, 3.63) is 83.3 Å². The lowest BCUT2D eigenvalue weighted by Gasteiger charge is -2.07. The zero-order chi connectivity index (χ0) is 19.8. The van der Waals surface area contributed by atoms with Crippen LogP contribution in [0.3, 0.4) is 0 Å². The number of hydrogen-bond donors (Lipinski definition) is 2. The molecular weight excluding hydrogens is 359 g/mol. The highest BCUT2D eigenvalue weighted by Crippen LogP contribution is 2.12. The first-order valence-electron chi connectivity index (χ1n) is 8.87. The summed E-state index contributed by atoms with van der Waals surface area (Å²) < 4.78 is 18.1. The van der Waals surface area contributed by atoms with E-state index in [2.05, 4.69) is 20.8 Å². The number of hydrogen-bond acceptors (Lipinski definition) is 5. The molecule has 1 amide bonds. The van der Waals surface area contributed by atoms with Crippen LogP contribution in [0.2, 0.25) is 0 Å². The van der Waals surface area contributed by atoms with Gasteiger partial charge in [-0.15, -0.1) is 10.2 Å². The summed E-state index contributed by atoms with van der Waals surface area (Å²) >= 11 is 0. The van der Waals surface area contributed by atoms with Crippen LogP contribution >= 0.6 is 0 Å². The predicted molar refractivity (Wildman–Crippen MR) is 105 cm³/mol. The summed E-state index contributed by atoms with van der Waals surface area (Å²) in [6, 6.07) is 17.2. The number of carbonyl (C=O) groups excluding carboxylic acids is 1. The molecule has 0 aliphatic heterocycles. The standard InChI is InChI=1S/C21H21FN4O2/c1-28-18-4-2-3-15(13-18)11-12-23-21(27)19-9-10-20(26-25-19)24-14-16-5-7-17(22)8-6-16/h2-10,13H,11-12,14H2,1H3,(H,23,27)(H,24,26). The first-order chi connectivity index (χ1) is 13.6. The van der Waals surface area contributed by atoms with Crippen molar-refractivity contribution < 1.29 is 13.9 Å². The van der Waals surface area contributed by atoms with Gasteiger partial charge < -0.3 is 15.4 Å². The van der Waals surface area contributed by atoms with Crippen LogP contribution in [0.15, 0.2) is 60.7 Å². The average Bonchev–Trinajstić information content (AvgIpc) is 2.74. The Bertz CT molecular complexity index is 914. The van der Waals surface area contributed by atoms with E-state index < -0.39 is 0 Å². The molecular formula is C21H21FN4O2. The van der Waals surface area contributed by atoms with E-state index in [4.69, 9.17) is 4.74 Å². The van der Waals surface area contributed by atoms with Crippen molar-refractivity contribution in [1.29, 1.82) is 0 Å². The monoisotopic (exact) mass is 380 g/mol. The van der Waals surface area contributed by atoms with E-state index in [0.717, 1.165) is 16.9 Å². The van der Waals surface area contributed by atoms with Crippen molar-refractivity contribution in [1.82, 2.24) is 15.5 Å². The maximum Gasteiger partial charge on any atom is 0.271 e. The highest BCUT2D eigenvalue weighted by atomic mass is 19.1. The highest BCUT2D eigenvalue weighted by Gasteiger charge is 2.08. The molecule has 3 aromatic rings. The van der Waals surface area contributed by atoms with Crippen LogP contribution in [0, 0.1) is 5.82 Å². The Morgan fingerprint density at radius 2 is 1.86 bits per heavy atom. The Kier molecular flexibility index (Phi) is 6.51. The number of methoxy groups -OCH3 is 1. The molecule has 0 radical (unpaired) electrons. The second-order valence-corrected chi connectivity index (χ2v) is 6.14. The van der Waals surface area contributed by atoms with Gasteiger partial charge in [0.15, 0.2) is 5.69 Å². The molecule has 144 valence electrons. The number of ether oxygens (including phenoxy) is 1. The minimum absolute atomic E-state index is 0.248. The summed E-state index contributed by atoms with van der Waals surface area (Å²) in [6.45, 7) is 0.972. The number of aromatic nitrogens is 2. The van der Waals surface area contributed by atoms with Gasteiger partial charge in [-0.05, 0) is 53.9 Å². The van der Waals surface area contributed by atoms with Gasteiger partial charge in [-0.3, -0.25) is 4.79 Å². The molecule has 2 aromatic carbocycles. The lowest BCUT2D eigenvalue weighted by atomic mass is 10.1. The van der Waals surface area contributed by atoms with Crippen molar-refractivity contribution in [2.75, 3.05) is 19.0 Å². The van der Waals surface area contributed by atoms with Gasteiger partial charge in [0.05, 0.1) is 7.11 Å². The quantitative estimate of drug-likeness (QED) is 0.628. The molecule has 0 fully saturated rings. The molecule has 0 aliphatic carbocycles. The summed E-state index contributed by atoms with van der Waals surface area (Å²) in [4.78, 5) is 12.2. The Balaban J connectivity index is 1.47. The summed E-state index contributed by atoms with van der Waals surface area (Å²) in [5, 5.41) is 13.9. The fourth-order valence-corrected chi connectivity index (χ4v) is 2.58. The number of nitrogens with zero attached hydrogens (tertiary/aromatic N) is 2. The summed E-state index contributed by atoms with van der Waals surface area (Å²) in [6.07, 6.45) is 0.688. The number of nitrogens with one attached hydrogen (secondary N) is 2. The van der Waals surface area contributed by atoms with Gasteiger partial charge >= 0.3 is 0 Å². The van der Waals surface area contributed by atoms with E-state index in [0.29, 0.717) is 25.3 Å².